The summed E-state index contributed by atoms with van der Waals surface area (Å²) in [7, 11) is 4.34. The van der Waals surface area contributed by atoms with Gasteiger partial charge in [0.25, 0.3) is 0 Å². The lowest BCUT2D eigenvalue weighted by Crippen LogP contribution is -2.34. The normalized spacial score (nSPS) is 23.1. The number of hydrogen-bond acceptors (Lipinski definition) is 5. The van der Waals surface area contributed by atoms with Crippen molar-refractivity contribution < 1.29 is 0 Å². The standard InChI is InChI=1S/C15H22N4S/c1-5-13-16-14(11-6-7-20-15(11)17-13)19-8-10(2)12(9-19)18(3)4/h6-7,10,12H,5,8-9H2,1-4H3. The van der Waals surface area contributed by atoms with Crippen LogP contribution in [0.3, 0.4) is 0 Å². The van der Waals surface area contributed by atoms with Crippen molar-refractivity contribution in [3.63, 3.8) is 0 Å². The van der Waals surface area contributed by atoms with E-state index in [0.717, 1.165) is 36.0 Å². The van der Waals surface area contributed by atoms with Gasteiger partial charge in [0.05, 0.1) is 5.39 Å². The molecule has 0 spiro atoms. The number of likely N-dealkylation sites (N-methyl/N-ethyl adjacent to an activating group) is 1. The van der Waals surface area contributed by atoms with Crippen LogP contribution >= 0.6 is 11.3 Å². The van der Waals surface area contributed by atoms with Gasteiger partial charge >= 0.3 is 0 Å². The van der Waals surface area contributed by atoms with Crippen molar-refractivity contribution >= 4 is 27.4 Å². The number of fused-ring (bicyclic) bond motifs is 1. The van der Waals surface area contributed by atoms with Gasteiger partial charge in [-0.15, -0.1) is 11.3 Å². The van der Waals surface area contributed by atoms with Gasteiger partial charge in [-0.3, -0.25) is 0 Å². The maximum absolute atomic E-state index is 4.80. The summed E-state index contributed by atoms with van der Waals surface area (Å²) >= 11 is 1.71. The second kappa shape index (κ2) is 5.30. The van der Waals surface area contributed by atoms with Crippen molar-refractivity contribution in [3.05, 3.63) is 17.3 Å². The first-order valence-corrected chi connectivity index (χ1v) is 8.13. The van der Waals surface area contributed by atoms with Crippen LogP contribution in [0.2, 0.25) is 0 Å². The molecule has 1 saturated heterocycles. The van der Waals surface area contributed by atoms with Gasteiger partial charge in [-0.05, 0) is 31.5 Å². The van der Waals surface area contributed by atoms with E-state index in [-0.39, 0.29) is 0 Å². The van der Waals surface area contributed by atoms with Crippen molar-refractivity contribution in [2.24, 2.45) is 5.92 Å². The molecule has 2 aromatic rings. The fourth-order valence-electron chi connectivity index (χ4n) is 3.08. The molecule has 108 valence electrons. The smallest absolute Gasteiger partial charge is 0.141 e. The van der Waals surface area contributed by atoms with E-state index >= 15 is 0 Å². The molecule has 2 aromatic heterocycles. The second-order valence-corrected chi connectivity index (χ2v) is 6.76. The number of aryl methyl sites for hydroxylation is 1. The average Bonchev–Trinajstić information content (AvgIpc) is 3.03. The maximum Gasteiger partial charge on any atom is 0.141 e. The highest BCUT2D eigenvalue weighted by Crippen LogP contribution is 2.32. The number of nitrogens with zero attached hydrogens (tertiary/aromatic N) is 4. The SMILES string of the molecule is CCc1nc(N2CC(C)C(N(C)C)C2)c2ccsc2n1. The summed E-state index contributed by atoms with van der Waals surface area (Å²) in [6.07, 6.45) is 0.890. The Balaban J connectivity index is 2.00. The third-order valence-corrected chi connectivity index (χ3v) is 5.01. The molecule has 0 N–H and O–H groups in total. The molecule has 4 nitrogen and oxygen atoms in total. The Bertz CT molecular complexity index is 607. The summed E-state index contributed by atoms with van der Waals surface area (Å²) in [4.78, 5) is 15.3. The molecule has 5 heteroatoms. The molecule has 0 aliphatic carbocycles. The second-order valence-electron chi connectivity index (χ2n) is 5.87. The van der Waals surface area contributed by atoms with Crippen molar-refractivity contribution in [2.75, 3.05) is 32.1 Å². The Morgan fingerprint density at radius 2 is 2.15 bits per heavy atom. The summed E-state index contributed by atoms with van der Waals surface area (Å²) < 4.78 is 0. The molecule has 2 unspecified atom stereocenters. The van der Waals surface area contributed by atoms with Crippen molar-refractivity contribution in [2.45, 2.75) is 26.3 Å². The molecule has 20 heavy (non-hydrogen) atoms. The third kappa shape index (κ3) is 2.29. The van der Waals surface area contributed by atoms with Crippen molar-refractivity contribution in [3.8, 4) is 0 Å². The fraction of sp³-hybridized carbons (Fsp3) is 0.600. The van der Waals surface area contributed by atoms with Gasteiger partial charge in [0.15, 0.2) is 0 Å². The number of hydrogen-bond donors (Lipinski definition) is 0. The zero-order valence-corrected chi connectivity index (χ0v) is 13.4. The highest BCUT2D eigenvalue weighted by Gasteiger charge is 2.32. The van der Waals surface area contributed by atoms with Crippen LogP contribution in [-0.2, 0) is 6.42 Å². The first kappa shape index (κ1) is 13.8. The van der Waals surface area contributed by atoms with Gasteiger partial charge in [-0.25, -0.2) is 9.97 Å². The van der Waals surface area contributed by atoms with E-state index in [4.69, 9.17) is 4.98 Å². The molecule has 3 rings (SSSR count). The Morgan fingerprint density at radius 3 is 2.80 bits per heavy atom. The maximum atomic E-state index is 4.80. The Hall–Kier alpha value is -1.20. The molecule has 1 aliphatic rings. The lowest BCUT2D eigenvalue weighted by atomic mass is 10.1. The molecule has 1 fully saturated rings. The molecular weight excluding hydrogens is 268 g/mol. The van der Waals surface area contributed by atoms with Crippen molar-refractivity contribution in [1.82, 2.24) is 14.9 Å². The highest BCUT2D eigenvalue weighted by atomic mass is 32.1. The van der Waals surface area contributed by atoms with E-state index in [9.17, 15) is 0 Å². The largest absolute Gasteiger partial charge is 0.354 e. The zero-order chi connectivity index (χ0) is 14.3. The summed E-state index contributed by atoms with van der Waals surface area (Å²) in [6, 6.07) is 2.76. The first-order valence-electron chi connectivity index (χ1n) is 7.25. The van der Waals surface area contributed by atoms with E-state index in [0.29, 0.717) is 12.0 Å². The molecule has 1 aliphatic heterocycles. The number of rotatable bonds is 3. The van der Waals surface area contributed by atoms with Gasteiger partial charge in [-0.1, -0.05) is 13.8 Å². The monoisotopic (exact) mass is 290 g/mol. The summed E-state index contributed by atoms with van der Waals surface area (Å²) in [5, 5.41) is 3.32. The van der Waals surface area contributed by atoms with E-state index < -0.39 is 0 Å². The molecule has 0 aromatic carbocycles. The molecular formula is C15H22N4S. The topological polar surface area (TPSA) is 32.3 Å². The summed E-state index contributed by atoms with van der Waals surface area (Å²) in [5.74, 6) is 2.75. The fourth-order valence-corrected chi connectivity index (χ4v) is 3.85. The first-order chi connectivity index (χ1) is 9.60. The number of thiophene rings is 1. The van der Waals surface area contributed by atoms with Gasteiger partial charge in [0, 0.05) is 25.6 Å². The molecule has 0 radical (unpaired) electrons. The molecule has 0 saturated carbocycles. The zero-order valence-electron chi connectivity index (χ0n) is 12.6. The van der Waals surface area contributed by atoms with Gasteiger partial charge in [0.1, 0.15) is 16.5 Å². The quantitative estimate of drug-likeness (QED) is 0.870. The predicted molar refractivity (Wildman–Crippen MR) is 85.6 cm³/mol. The molecule has 2 atom stereocenters. The van der Waals surface area contributed by atoms with Crippen molar-refractivity contribution in [1.29, 1.82) is 0 Å². The average molecular weight is 290 g/mol. The van der Waals surface area contributed by atoms with Crippen LogP contribution in [0, 0.1) is 5.92 Å². The highest BCUT2D eigenvalue weighted by molar-refractivity contribution is 7.16. The minimum Gasteiger partial charge on any atom is -0.354 e. The minimum atomic E-state index is 0.601. The van der Waals surface area contributed by atoms with Crippen LogP contribution in [0.15, 0.2) is 11.4 Å². The van der Waals surface area contributed by atoms with Crippen LogP contribution < -0.4 is 4.90 Å². The van der Waals surface area contributed by atoms with E-state index in [2.05, 4.69) is 54.2 Å². The number of aromatic nitrogens is 2. The van der Waals surface area contributed by atoms with Crippen LogP contribution in [0.4, 0.5) is 5.82 Å². The summed E-state index contributed by atoms with van der Waals surface area (Å²) in [6.45, 7) is 6.58. The van der Waals surface area contributed by atoms with E-state index in [1.807, 2.05) is 0 Å². The third-order valence-electron chi connectivity index (χ3n) is 4.20. The predicted octanol–water partition coefficient (Wildman–Crippen LogP) is 2.64. The van der Waals surface area contributed by atoms with Crippen LogP contribution in [0.25, 0.3) is 10.2 Å². The van der Waals surface area contributed by atoms with E-state index in [1.165, 1.54) is 5.39 Å². The van der Waals surface area contributed by atoms with E-state index in [1.54, 1.807) is 11.3 Å². The Labute approximate surface area is 124 Å². The lowest BCUT2D eigenvalue weighted by Gasteiger charge is -2.23. The molecule has 0 amide bonds. The van der Waals surface area contributed by atoms with Crippen LogP contribution in [0.5, 0.6) is 0 Å². The van der Waals surface area contributed by atoms with Gasteiger partial charge in [-0.2, -0.15) is 0 Å². The number of anilines is 1. The Morgan fingerprint density at radius 1 is 1.35 bits per heavy atom. The molecule has 0 bridgehead atoms. The lowest BCUT2D eigenvalue weighted by molar-refractivity contribution is 0.266. The summed E-state index contributed by atoms with van der Waals surface area (Å²) in [5.41, 5.74) is 0. The van der Waals surface area contributed by atoms with Crippen LogP contribution in [-0.4, -0.2) is 48.1 Å². The van der Waals surface area contributed by atoms with Gasteiger partial charge in [0.2, 0.25) is 0 Å². The molecule has 3 heterocycles. The minimum absolute atomic E-state index is 0.601. The Kier molecular flexibility index (Phi) is 3.65. The van der Waals surface area contributed by atoms with Crippen LogP contribution in [0.1, 0.15) is 19.7 Å². The van der Waals surface area contributed by atoms with Gasteiger partial charge < -0.3 is 9.80 Å².